The number of carboxylic acids is 2. The Morgan fingerprint density at radius 2 is 1.33 bits per heavy atom. The molecule has 4 amide bonds. The molecule has 0 fully saturated rings. The number of carbonyl (C=O) groups is 9. The molecule has 5 heterocycles. The number of amides is 4. The zero-order chi connectivity index (χ0) is 64.0. The first-order valence-corrected chi connectivity index (χ1v) is 27.8. The Balaban J connectivity index is 1.36. The molecule has 28 nitrogen and oxygen atoms in total. The summed E-state index contributed by atoms with van der Waals surface area (Å²) in [6, 6.07) is 2.78. The number of fused-ring (bicyclic) bond motifs is 11. The van der Waals surface area contributed by atoms with Crippen LogP contribution in [0.25, 0.3) is 44.9 Å². The van der Waals surface area contributed by atoms with Crippen LogP contribution in [0.4, 0.5) is 0 Å². The number of hydrogen-bond acceptors (Lipinski definition) is 16. The van der Waals surface area contributed by atoms with E-state index in [-0.39, 0.29) is 81.9 Å². The SMILES string of the molecule is C=Cc1c(C)c2cc3nc(cc4[nH]c(cc5nc(cc1[nH]2)C(C)=C5CCC(=O)N[C@@H](CCCNC(=N)N)C(=O)NCC(=O)NC(CC(=O)O)C(=O)N[C@@H](CCCNC(=N)N)C(=O)O)c(CCC(=O)OC)c4C)[C@@]1(C)C3=CC=C(C(=O)OC)C1C(=O)OC. The van der Waals surface area contributed by atoms with Crippen molar-refractivity contribution in [2.24, 2.45) is 17.4 Å². The Morgan fingerprint density at radius 1 is 0.713 bits per heavy atom. The lowest BCUT2D eigenvalue weighted by molar-refractivity contribution is -0.149. The molecule has 3 aromatic heterocycles. The number of guanidine groups is 2. The molecule has 6 rings (SSSR count). The number of allylic oxidation sites excluding steroid dienone is 5. The normalized spacial score (nSPS) is 16.0. The van der Waals surface area contributed by atoms with Gasteiger partial charge in [-0.15, -0.1) is 0 Å². The Labute approximate surface area is 499 Å². The summed E-state index contributed by atoms with van der Waals surface area (Å²) >= 11 is 0. The number of hydrogen-bond donors (Lipinski definition) is 14. The minimum atomic E-state index is -1.76. The number of aryl methyl sites for hydroxylation is 3. The third kappa shape index (κ3) is 15.8. The molecule has 3 aromatic rings. The van der Waals surface area contributed by atoms with Crippen molar-refractivity contribution in [3.8, 4) is 0 Å². The number of aromatic nitrogens is 4. The number of methoxy groups -OCH3 is 3. The number of rotatable bonds is 27. The fourth-order valence-corrected chi connectivity index (χ4v) is 10.7. The number of aromatic amines is 2. The standard InChI is InChI=1S/C59H74N14O14/c1-9-31-28(2)39-23-44-35-17-14-34(55(83)86-7)51(56(84)87-8)59(35,5)46(70-44)25-40-30(4)33(16-19-50(78)85-6)43(69-40)24-42-32(29(3)38(68-42)22-41(31)67-39)15-18-47(74)71-36(12-10-20-64-57(60)61)52(79)66-27-48(75)72-45(26-49(76)77)53(80)73-37(54(81)82)13-11-21-65-58(62)63/h9,14,17,22-25,36-37,45,51,67,69H,1,10-13,15-16,18-21,26-27H2,2-8H3,(H,66,79)(H,71,74)(H,72,75)(H,73,80)(H,76,77)(H,81,82)(H4,60,61,64)(H4,62,63,65)/t36-,37-,45?,51?,59+/m0/s1. The first-order valence-electron chi connectivity index (χ1n) is 27.8. The van der Waals surface area contributed by atoms with Gasteiger partial charge in [-0.25, -0.2) is 14.6 Å². The van der Waals surface area contributed by atoms with Crippen LogP contribution in [0.1, 0.15) is 110 Å². The van der Waals surface area contributed by atoms with E-state index in [1.165, 1.54) is 21.3 Å². The van der Waals surface area contributed by atoms with E-state index in [1.807, 2.05) is 39.8 Å². The number of aliphatic carboxylic acids is 2. The van der Waals surface area contributed by atoms with Crippen molar-refractivity contribution in [2.45, 2.75) is 109 Å². The number of H-pyrrole nitrogens is 2. The molecule has 3 aliphatic rings. The third-order valence-corrected chi connectivity index (χ3v) is 15.4. The van der Waals surface area contributed by atoms with Gasteiger partial charge in [0.2, 0.25) is 23.6 Å². The zero-order valence-electron chi connectivity index (χ0n) is 49.4. The van der Waals surface area contributed by atoms with Crippen LogP contribution in [0.5, 0.6) is 0 Å². The predicted octanol–water partition coefficient (Wildman–Crippen LogP) is 2.29. The van der Waals surface area contributed by atoms with Gasteiger partial charge in [-0.2, -0.15) is 0 Å². The Morgan fingerprint density at radius 3 is 1.94 bits per heavy atom. The number of nitrogens with one attached hydrogen (secondary N) is 10. The second-order valence-electron chi connectivity index (χ2n) is 21.0. The summed E-state index contributed by atoms with van der Waals surface area (Å²) in [7, 11) is 3.75. The van der Waals surface area contributed by atoms with Gasteiger partial charge in [-0.3, -0.25) is 49.4 Å². The number of esters is 3. The summed E-state index contributed by atoms with van der Waals surface area (Å²) in [4.78, 5) is 135. The molecular formula is C59H74N14O14. The van der Waals surface area contributed by atoms with Gasteiger partial charge in [-0.05, 0) is 124 Å². The minimum Gasteiger partial charge on any atom is -0.481 e. The van der Waals surface area contributed by atoms with Crippen molar-refractivity contribution in [3.63, 3.8) is 0 Å². The largest absolute Gasteiger partial charge is 0.481 e. The van der Waals surface area contributed by atoms with E-state index >= 15 is 0 Å². The second-order valence-corrected chi connectivity index (χ2v) is 21.0. The average Bonchev–Trinajstić information content (AvgIpc) is 1.63. The summed E-state index contributed by atoms with van der Waals surface area (Å²) in [5.41, 5.74) is 18.7. The van der Waals surface area contributed by atoms with Crippen LogP contribution >= 0.6 is 0 Å². The highest BCUT2D eigenvalue weighted by atomic mass is 16.5. The van der Waals surface area contributed by atoms with Crippen LogP contribution < -0.4 is 43.4 Å². The molecule has 2 unspecified atom stereocenters. The molecule has 5 atom stereocenters. The molecule has 87 heavy (non-hydrogen) atoms. The van der Waals surface area contributed by atoms with E-state index in [1.54, 1.807) is 30.4 Å². The summed E-state index contributed by atoms with van der Waals surface area (Å²) in [5.74, 6) is -10.3. The molecule has 0 aromatic carbocycles. The quantitative estimate of drug-likeness (QED) is 0.0171. The van der Waals surface area contributed by atoms with Gasteiger partial charge in [-0.1, -0.05) is 24.8 Å². The maximum atomic E-state index is 14.1. The van der Waals surface area contributed by atoms with E-state index in [4.69, 9.17) is 46.5 Å². The lowest BCUT2D eigenvalue weighted by atomic mass is 9.64. The van der Waals surface area contributed by atoms with E-state index < -0.39 is 95.9 Å². The van der Waals surface area contributed by atoms with Crippen LogP contribution in [-0.2, 0) is 69.2 Å². The summed E-state index contributed by atoms with van der Waals surface area (Å²) in [6.45, 7) is 11.0. The third-order valence-electron chi connectivity index (χ3n) is 15.4. The highest BCUT2D eigenvalue weighted by Gasteiger charge is 2.53. The van der Waals surface area contributed by atoms with Gasteiger partial charge >= 0.3 is 29.8 Å². The molecule has 1 aliphatic carbocycles. The maximum absolute atomic E-state index is 14.1. The van der Waals surface area contributed by atoms with Gasteiger partial charge in [0.05, 0.1) is 68.1 Å². The van der Waals surface area contributed by atoms with Gasteiger partial charge in [0.25, 0.3) is 0 Å². The summed E-state index contributed by atoms with van der Waals surface area (Å²) in [6.07, 6.45) is 4.31. The van der Waals surface area contributed by atoms with E-state index in [0.29, 0.717) is 67.1 Å². The maximum Gasteiger partial charge on any atom is 0.334 e. The average molecular weight is 1200 g/mol. The van der Waals surface area contributed by atoms with Crippen molar-refractivity contribution in [2.75, 3.05) is 41.0 Å². The zero-order valence-corrected chi connectivity index (χ0v) is 49.4. The van der Waals surface area contributed by atoms with Gasteiger partial charge < -0.3 is 77.8 Å². The fourth-order valence-electron chi connectivity index (χ4n) is 10.7. The van der Waals surface area contributed by atoms with Crippen molar-refractivity contribution in [3.05, 3.63) is 93.6 Å². The van der Waals surface area contributed by atoms with E-state index in [0.717, 1.165) is 16.7 Å². The van der Waals surface area contributed by atoms with Crippen LogP contribution in [0.15, 0.2) is 48.6 Å². The number of ether oxygens (including phenoxy) is 3. The number of nitrogens with zero attached hydrogens (tertiary/aromatic N) is 2. The molecule has 0 saturated heterocycles. The van der Waals surface area contributed by atoms with Crippen molar-refractivity contribution in [1.82, 2.24) is 51.8 Å². The van der Waals surface area contributed by atoms with E-state index in [9.17, 15) is 53.4 Å². The predicted molar refractivity (Wildman–Crippen MR) is 321 cm³/mol. The smallest absolute Gasteiger partial charge is 0.334 e. The Bertz CT molecular complexity index is 3580. The number of carbonyl (C=O) groups excluding carboxylic acids is 7. The molecule has 8 bridgehead atoms. The van der Waals surface area contributed by atoms with Gasteiger partial charge in [0.1, 0.15) is 24.0 Å². The minimum absolute atomic E-state index is 0.00477. The second kappa shape index (κ2) is 29.1. The van der Waals surface area contributed by atoms with Crippen molar-refractivity contribution < 1.29 is 67.6 Å². The fraction of sp³-hybridized carbons (Fsp3) is 0.407. The van der Waals surface area contributed by atoms with Gasteiger partial charge in [0.15, 0.2) is 11.9 Å². The Hall–Kier alpha value is -10.2. The summed E-state index contributed by atoms with van der Waals surface area (Å²) in [5, 5.41) is 48.8. The molecule has 16 N–H and O–H groups in total. The van der Waals surface area contributed by atoms with Crippen LogP contribution in [-0.4, -0.2) is 155 Å². The first-order chi connectivity index (χ1) is 41.3. The molecule has 0 saturated carbocycles. The van der Waals surface area contributed by atoms with Gasteiger partial charge in [0, 0.05) is 53.6 Å². The molecule has 0 radical (unpaired) electrons. The van der Waals surface area contributed by atoms with Crippen LogP contribution in [0.3, 0.4) is 0 Å². The highest BCUT2D eigenvalue weighted by molar-refractivity contribution is 6.02. The molecule has 2 aliphatic heterocycles. The lowest BCUT2D eigenvalue weighted by Crippen LogP contribution is -2.54. The first kappa shape index (κ1) is 66.0. The number of carboxylic acid groups (broad SMARTS) is 2. The topological polar surface area (TPSA) is 451 Å². The van der Waals surface area contributed by atoms with Crippen molar-refractivity contribution >= 4 is 110 Å². The van der Waals surface area contributed by atoms with E-state index in [2.05, 4.69) is 48.4 Å². The number of nitrogens with two attached hydrogens (primary N) is 2. The monoisotopic (exact) mass is 1200 g/mol. The Kier molecular flexibility index (Phi) is 22.1. The lowest BCUT2D eigenvalue weighted by Gasteiger charge is -2.36. The van der Waals surface area contributed by atoms with Crippen molar-refractivity contribution in [1.29, 1.82) is 10.8 Å². The summed E-state index contributed by atoms with van der Waals surface area (Å²) < 4.78 is 15.5. The van der Waals surface area contributed by atoms with Crippen LogP contribution in [0.2, 0.25) is 0 Å². The molecule has 28 heteroatoms. The molecular weight excluding hydrogens is 1130 g/mol. The molecule has 464 valence electrons. The van der Waals surface area contributed by atoms with Crippen LogP contribution in [0, 0.1) is 30.6 Å². The molecule has 0 spiro atoms. The highest BCUT2D eigenvalue weighted by Crippen LogP contribution is 2.52.